The number of carbonyl (C=O) groups excluding carboxylic acids is 2. The fraction of sp³-hybridized carbons (Fsp3) is 0.182. The highest BCUT2D eigenvalue weighted by Gasteiger charge is 2.11. The highest BCUT2D eigenvalue weighted by atomic mass is 35.5. The van der Waals surface area contributed by atoms with Gasteiger partial charge < -0.3 is 14.4 Å². The van der Waals surface area contributed by atoms with Gasteiger partial charge in [-0.2, -0.15) is 0 Å². The average Bonchev–Trinajstić information content (AvgIpc) is 2.72. The number of benzene rings is 2. The van der Waals surface area contributed by atoms with E-state index >= 15 is 0 Å². The van der Waals surface area contributed by atoms with Gasteiger partial charge in [0, 0.05) is 24.7 Å². The minimum Gasteiger partial charge on any atom is -0.449 e. The smallest absolute Gasteiger partial charge is 0.410 e. The van der Waals surface area contributed by atoms with Gasteiger partial charge in [-0.25, -0.2) is 9.59 Å². The molecule has 1 amide bonds. The van der Waals surface area contributed by atoms with Gasteiger partial charge in [0.05, 0.1) is 0 Å². The Morgan fingerprint density at radius 2 is 1.25 bits per heavy atom. The zero-order valence-corrected chi connectivity index (χ0v) is 16.4. The van der Waals surface area contributed by atoms with E-state index in [1.54, 1.807) is 12.2 Å². The second-order valence-corrected chi connectivity index (χ2v) is 5.84. The molecule has 0 aromatic heterocycles. The maximum absolute atomic E-state index is 11.7. The Bertz CT molecular complexity index is 725. The van der Waals surface area contributed by atoms with Gasteiger partial charge in [-0.15, -0.1) is 13.2 Å². The number of hydrogen-bond donors (Lipinski definition) is 0. The van der Waals surface area contributed by atoms with Gasteiger partial charge >= 0.3 is 11.5 Å². The monoisotopic (exact) mass is 401 g/mol. The van der Waals surface area contributed by atoms with Crippen molar-refractivity contribution < 1.29 is 19.1 Å². The van der Waals surface area contributed by atoms with E-state index in [4.69, 9.17) is 16.3 Å². The van der Waals surface area contributed by atoms with Crippen molar-refractivity contribution in [1.29, 1.82) is 0 Å². The van der Waals surface area contributed by atoms with E-state index < -0.39 is 5.43 Å². The van der Waals surface area contributed by atoms with Crippen LogP contribution in [0.15, 0.2) is 86.0 Å². The summed E-state index contributed by atoms with van der Waals surface area (Å²) < 4.78 is 9.74. The van der Waals surface area contributed by atoms with E-state index in [9.17, 15) is 9.59 Å². The Balaban J connectivity index is 0.000000307. The average molecular weight is 402 g/mol. The second kappa shape index (κ2) is 14.1. The van der Waals surface area contributed by atoms with Crippen LogP contribution in [-0.2, 0) is 22.7 Å². The number of ether oxygens (including phenoxy) is 2. The molecule has 0 atom stereocenters. The predicted molar refractivity (Wildman–Crippen MR) is 111 cm³/mol. The van der Waals surface area contributed by atoms with E-state index in [-0.39, 0.29) is 19.3 Å². The summed E-state index contributed by atoms with van der Waals surface area (Å²) in [6, 6.07) is 18.9. The molecule has 6 heteroatoms. The first kappa shape index (κ1) is 23.0. The van der Waals surface area contributed by atoms with Crippen LogP contribution in [0.1, 0.15) is 11.1 Å². The molecule has 0 aliphatic carbocycles. The van der Waals surface area contributed by atoms with Crippen LogP contribution in [0.3, 0.4) is 0 Å². The first-order valence-electron chi connectivity index (χ1n) is 8.60. The van der Waals surface area contributed by atoms with Crippen molar-refractivity contribution in [3.05, 3.63) is 97.1 Å². The van der Waals surface area contributed by atoms with Crippen LogP contribution in [0, 0.1) is 0 Å². The topological polar surface area (TPSA) is 55.8 Å². The third kappa shape index (κ3) is 10.2. The first-order valence-corrected chi connectivity index (χ1v) is 8.98. The van der Waals surface area contributed by atoms with E-state index in [1.165, 1.54) is 4.90 Å². The van der Waals surface area contributed by atoms with Gasteiger partial charge in [0.25, 0.3) is 0 Å². The van der Waals surface area contributed by atoms with Crippen molar-refractivity contribution in [3.63, 3.8) is 0 Å². The normalized spacial score (nSPS) is 9.32. The van der Waals surface area contributed by atoms with Gasteiger partial charge in [-0.05, 0) is 11.1 Å². The van der Waals surface area contributed by atoms with E-state index in [2.05, 4.69) is 17.9 Å². The Morgan fingerprint density at radius 3 is 1.64 bits per heavy atom. The molecule has 0 unspecified atom stereocenters. The molecule has 0 bridgehead atoms. The van der Waals surface area contributed by atoms with Gasteiger partial charge in [-0.1, -0.05) is 72.8 Å². The molecule has 2 aromatic carbocycles. The van der Waals surface area contributed by atoms with Crippen LogP contribution in [0.4, 0.5) is 9.59 Å². The summed E-state index contributed by atoms with van der Waals surface area (Å²) in [4.78, 5) is 23.4. The summed E-state index contributed by atoms with van der Waals surface area (Å²) in [6.45, 7) is 8.64. The lowest BCUT2D eigenvalue weighted by molar-refractivity contribution is 0.104. The standard InChI is InChI=1S/C14H17NO2.C8H7ClO2/c1-3-10-15(11-4-2)14(16)17-12-13-8-6-5-7-9-13;9-8(10)11-6-7-4-2-1-3-5-7/h3-9H,1-2,10-12H2;1-5H,6H2. The maximum atomic E-state index is 11.7. The summed E-state index contributed by atoms with van der Waals surface area (Å²) in [5.74, 6) is 0. The Morgan fingerprint density at radius 1 is 0.821 bits per heavy atom. The highest BCUT2D eigenvalue weighted by molar-refractivity contribution is 6.61. The zero-order valence-electron chi connectivity index (χ0n) is 15.6. The van der Waals surface area contributed by atoms with Crippen LogP contribution < -0.4 is 0 Å². The molecule has 0 saturated carbocycles. The molecule has 28 heavy (non-hydrogen) atoms. The third-order valence-electron chi connectivity index (χ3n) is 3.36. The van der Waals surface area contributed by atoms with Crippen molar-refractivity contribution in [2.24, 2.45) is 0 Å². The van der Waals surface area contributed by atoms with Crippen LogP contribution >= 0.6 is 11.6 Å². The number of carbonyl (C=O) groups is 2. The summed E-state index contributed by atoms with van der Waals surface area (Å²) in [6.07, 6.45) is 2.97. The molecule has 0 spiro atoms. The number of hydrogen-bond acceptors (Lipinski definition) is 4. The molecule has 0 saturated heterocycles. The number of rotatable bonds is 8. The summed E-state index contributed by atoms with van der Waals surface area (Å²) in [7, 11) is 0. The zero-order chi connectivity index (χ0) is 20.6. The Labute approximate surface area is 170 Å². The maximum Gasteiger partial charge on any atom is 0.410 e. The Hall–Kier alpha value is -3.05. The number of nitrogens with zero attached hydrogens (tertiary/aromatic N) is 1. The molecule has 0 aliphatic heterocycles. The lowest BCUT2D eigenvalue weighted by atomic mass is 10.2. The quantitative estimate of drug-likeness (QED) is 0.429. The summed E-state index contributed by atoms with van der Waals surface area (Å²) >= 11 is 4.97. The first-order chi connectivity index (χ1) is 13.6. The van der Waals surface area contributed by atoms with Crippen LogP contribution in [0.5, 0.6) is 0 Å². The minimum absolute atomic E-state index is 0.239. The molecule has 0 aliphatic rings. The van der Waals surface area contributed by atoms with Gasteiger partial charge in [0.15, 0.2) is 0 Å². The minimum atomic E-state index is -0.770. The van der Waals surface area contributed by atoms with Gasteiger partial charge in [0.2, 0.25) is 0 Å². The van der Waals surface area contributed by atoms with Gasteiger partial charge in [-0.3, -0.25) is 0 Å². The fourth-order valence-corrected chi connectivity index (χ4v) is 2.11. The highest BCUT2D eigenvalue weighted by Crippen LogP contribution is 2.04. The van der Waals surface area contributed by atoms with Crippen LogP contribution in [0.2, 0.25) is 0 Å². The van der Waals surface area contributed by atoms with E-state index in [0.29, 0.717) is 13.1 Å². The molecule has 148 valence electrons. The van der Waals surface area contributed by atoms with Gasteiger partial charge in [0.1, 0.15) is 13.2 Å². The number of halogens is 1. The van der Waals surface area contributed by atoms with Crippen molar-refractivity contribution in [2.45, 2.75) is 13.2 Å². The molecule has 0 radical (unpaired) electrons. The second-order valence-electron chi connectivity index (χ2n) is 5.53. The predicted octanol–water partition coefficient (Wildman–Crippen LogP) is 5.56. The summed E-state index contributed by atoms with van der Waals surface area (Å²) in [5.41, 5.74) is 1.13. The SMILES string of the molecule is C=CCN(CC=C)C(=O)OCc1ccccc1.O=C(Cl)OCc1ccccc1. The molecule has 5 nitrogen and oxygen atoms in total. The molecule has 0 heterocycles. The lowest BCUT2D eigenvalue weighted by Gasteiger charge is -2.18. The number of amides is 1. The van der Waals surface area contributed by atoms with Crippen molar-refractivity contribution in [2.75, 3.05) is 13.1 Å². The third-order valence-corrected chi connectivity index (χ3v) is 3.47. The molecular formula is C22H24ClNO4. The van der Waals surface area contributed by atoms with Crippen molar-refractivity contribution >= 4 is 23.1 Å². The fourth-order valence-electron chi connectivity index (χ4n) is 2.06. The van der Waals surface area contributed by atoms with E-state index in [0.717, 1.165) is 11.1 Å². The molecule has 2 aromatic rings. The molecule has 0 N–H and O–H groups in total. The molecular weight excluding hydrogens is 378 g/mol. The van der Waals surface area contributed by atoms with E-state index in [1.807, 2.05) is 60.7 Å². The van der Waals surface area contributed by atoms with Crippen LogP contribution in [-0.4, -0.2) is 29.5 Å². The Kier molecular flexibility index (Phi) is 11.5. The molecule has 2 rings (SSSR count). The molecule has 0 fully saturated rings. The van der Waals surface area contributed by atoms with Crippen molar-refractivity contribution in [1.82, 2.24) is 4.90 Å². The van der Waals surface area contributed by atoms with Crippen molar-refractivity contribution in [3.8, 4) is 0 Å². The summed E-state index contributed by atoms with van der Waals surface area (Å²) in [5, 5.41) is 0. The van der Waals surface area contributed by atoms with Crippen LogP contribution in [0.25, 0.3) is 0 Å². The largest absolute Gasteiger partial charge is 0.449 e. The lowest BCUT2D eigenvalue weighted by Crippen LogP contribution is -2.31.